The summed E-state index contributed by atoms with van der Waals surface area (Å²) >= 11 is 0. The molecular weight excluding hydrogens is 328 g/mol. The van der Waals surface area contributed by atoms with E-state index in [4.69, 9.17) is 9.15 Å². The van der Waals surface area contributed by atoms with E-state index in [2.05, 4.69) is 31.1 Å². The highest BCUT2D eigenvalue weighted by atomic mass is 28.3. The van der Waals surface area contributed by atoms with Crippen LogP contribution in [0.25, 0.3) is 11.0 Å². The molecule has 1 aromatic heterocycles. The van der Waals surface area contributed by atoms with Gasteiger partial charge in [0.2, 0.25) is 16.9 Å². The van der Waals surface area contributed by atoms with Crippen LogP contribution >= 0.6 is 0 Å². The van der Waals surface area contributed by atoms with Crippen LogP contribution in [-0.2, 0) is 6.61 Å². The summed E-state index contributed by atoms with van der Waals surface area (Å²) in [6, 6.07) is 16.9. The van der Waals surface area contributed by atoms with Gasteiger partial charge in [0.15, 0.2) is 0 Å². The van der Waals surface area contributed by atoms with Crippen LogP contribution < -0.4 is 10.2 Å². The molecule has 0 N–H and O–H groups in total. The molecule has 0 aliphatic carbocycles. The lowest BCUT2D eigenvalue weighted by atomic mass is 10.2. The second-order valence-electron chi connectivity index (χ2n) is 6.86. The van der Waals surface area contributed by atoms with Crippen LogP contribution in [0.3, 0.4) is 0 Å². The van der Waals surface area contributed by atoms with E-state index in [0.717, 1.165) is 5.56 Å². The fourth-order valence-electron chi connectivity index (χ4n) is 2.31. The number of hydrogen-bond acceptors (Lipinski definition) is 3. The molecular formula is C21H20O3Si. The predicted octanol–water partition coefficient (Wildman–Crippen LogP) is 4.60. The Morgan fingerprint density at radius 2 is 1.68 bits per heavy atom. The maximum Gasteiger partial charge on any atom is 0.235 e. The van der Waals surface area contributed by atoms with Crippen molar-refractivity contribution in [2.24, 2.45) is 0 Å². The highest BCUT2D eigenvalue weighted by Gasteiger charge is 2.16. The molecule has 3 rings (SSSR count). The van der Waals surface area contributed by atoms with Gasteiger partial charge in [0.25, 0.3) is 0 Å². The minimum atomic E-state index is -1.61. The summed E-state index contributed by atoms with van der Waals surface area (Å²) in [6.45, 7) is 6.72. The van der Waals surface area contributed by atoms with Gasteiger partial charge in [-0.2, -0.15) is 0 Å². The summed E-state index contributed by atoms with van der Waals surface area (Å²) in [5, 5.41) is 0.504. The van der Waals surface area contributed by atoms with Crippen LogP contribution in [0.2, 0.25) is 19.6 Å². The maximum atomic E-state index is 12.9. The van der Waals surface area contributed by atoms with E-state index >= 15 is 0 Å². The van der Waals surface area contributed by atoms with Gasteiger partial charge in [0, 0.05) is 0 Å². The number of rotatable bonds is 3. The Hall–Kier alpha value is -2.77. The molecule has 0 radical (unpaired) electrons. The molecule has 126 valence electrons. The lowest BCUT2D eigenvalue weighted by Gasteiger charge is -2.09. The Morgan fingerprint density at radius 1 is 1.00 bits per heavy atom. The van der Waals surface area contributed by atoms with Gasteiger partial charge in [0.1, 0.15) is 20.3 Å². The first-order chi connectivity index (χ1) is 11.9. The van der Waals surface area contributed by atoms with Gasteiger partial charge in [-0.15, -0.1) is 5.54 Å². The van der Waals surface area contributed by atoms with Gasteiger partial charge in [-0.3, -0.25) is 4.79 Å². The highest BCUT2D eigenvalue weighted by Crippen LogP contribution is 2.21. The molecule has 0 unspecified atom stereocenters. The van der Waals surface area contributed by atoms with E-state index in [-0.39, 0.29) is 11.2 Å². The third-order valence-electron chi connectivity index (χ3n) is 3.53. The SMILES string of the molecule is C[Si](C)(C)C#Cc1oc2ccccc2c(=O)c1OCc1ccccc1. The standard InChI is InChI=1S/C21H20O3Si/c1-25(2,3)14-13-19-21(23-15-16-9-5-4-6-10-16)20(22)17-11-7-8-12-18(17)24-19/h4-12H,15H2,1-3H3. The molecule has 25 heavy (non-hydrogen) atoms. The zero-order valence-corrected chi connectivity index (χ0v) is 15.6. The van der Waals surface area contributed by atoms with E-state index in [1.807, 2.05) is 42.5 Å². The van der Waals surface area contributed by atoms with Crippen LogP contribution in [0.5, 0.6) is 5.75 Å². The summed E-state index contributed by atoms with van der Waals surface area (Å²) in [6.07, 6.45) is 0. The summed E-state index contributed by atoms with van der Waals surface area (Å²) in [5.74, 6) is 3.54. The third-order valence-corrected chi connectivity index (χ3v) is 4.41. The summed E-state index contributed by atoms with van der Waals surface area (Å²) in [7, 11) is -1.61. The quantitative estimate of drug-likeness (QED) is 0.513. The van der Waals surface area contributed by atoms with Crippen molar-refractivity contribution in [2.75, 3.05) is 0 Å². The zero-order chi connectivity index (χ0) is 17.9. The first-order valence-corrected chi connectivity index (χ1v) is 11.7. The minimum absolute atomic E-state index is 0.183. The van der Waals surface area contributed by atoms with Crippen molar-refractivity contribution in [1.82, 2.24) is 0 Å². The molecule has 0 aliphatic rings. The lowest BCUT2D eigenvalue weighted by Crippen LogP contribution is -2.17. The summed E-state index contributed by atoms with van der Waals surface area (Å²) < 4.78 is 11.7. The van der Waals surface area contributed by atoms with Crippen LogP contribution in [0.4, 0.5) is 0 Å². The highest BCUT2D eigenvalue weighted by molar-refractivity contribution is 6.83. The average Bonchev–Trinajstić information content (AvgIpc) is 2.59. The molecule has 0 spiro atoms. The van der Waals surface area contributed by atoms with Gasteiger partial charge in [-0.1, -0.05) is 62.1 Å². The summed E-state index contributed by atoms with van der Waals surface area (Å²) in [4.78, 5) is 12.9. The van der Waals surface area contributed by atoms with Gasteiger partial charge in [-0.25, -0.2) is 0 Å². The molecule has 3 nitrogen and oxygen atoms in total. The Labute approximate surface area is 148 Å². The number of hydrogen-bond donors (Lipinski definition) is 0. The molecule has 0 amide bonds. The Balaban J connectivity index is 2.08. The van der Waals surface area contributed by atoms with Crippen molar-refractivity contribution in [1.29, 1.82) is 0 Å². The minimum Gasteiger partial charge on any atom is -0.481 e. The van der Waals surface area contributed by atoms with Gasteiger partial charge >= 0.3 is 0 Å². The predicted molar refractivity (Wildman–Crippen MR) is 103 cm³/mol. The number of benzene rings is 2. The van der Waals surface area contributed by atoms with Crippen molar-refractivity contribution in [3.05, 3.63) is 76.1 Å². The van der Waals surface area contributed by atoms with Crippen LogP contribution in [0.15, 0.2) is 63.8 Å². The normalized spacial score (nSPS) is 11.0. The molecule has 0 bridgehead atoms. The van der Waals surface area contributed by atoms with E-state index in [0.29, 0.717) is 23.3 Å². The zero-order valence-electron chi connectivity index (χ0n) is 14.6. The Morgan fingerprint density at radius 3 is 2.40 bits per heavy atom. The second-order valence-corrected chi connectivity index (χ2v) is 11.6. The molecule has 1 heterocycles. The van der Waals surface area contributed by atoms with E-state index in [1.165, 1.54) is 0 Å². The van der Waals surface area contributed by atoms with E-state index in [9.17, 15) is 4.79 Å². The topological polar surface area (TPSA) is 39.4 Å². The summed E-state index contributed by atoms with van der Waals surface area (Å²) in [5.41, 5.74) is 4.57. The Kier molecular flexibility index (Phi) is 4.78. The molecule has 2 aromatic carbocycles. The first-order valence-electron chi connectivity index (χ1n) is 8.20. The molecule has 0 saturated carbocycles. The van der Waals surface area contributed by atoms with Crippen molar-refractivity contribution in [2.45, 2.75) is 26.2 Å². The molecule has 0 fully saturated rings. The van der Waals surface area contributed by atoms with Gasteiger partial charge in [-0.05, 0) is 23.6 Å². The van der Waals surface area contributed by atoms with Crippen molar-refractivity contribution in [3.8, 4) is 17.2 Å². The van der Waals surface area contributed by atoms with E-state index < -0.39 is 8.07 Å². The number of para-hydroxylation sites is 1. The van der Waals surface area contributed by atoms with Crippen molar-refractivity contribution >= 4 is 19.0 Å². The van der Waals surface area contributed by atoms with Gasteiger partial charge < -0.3 is 9.15 Å². The molecule has 3 aromatic rings. The monoisotopic (exact) mass is 348 g/mol. The average molecular weight is 348 g/mol. The fourth-order valence-corrected chi connectivity index (χ4v) is 2.80. The lowest BCUT2D eigenvalue weighted by molar-refractivity contribution is 0.293. The molecule has 4 heteroatoms. The third kappa shape index (κ3) is 4.20. The molecule has 0 atom stereocenters. The number of ether oxygens (including phenoxy) is 1. The fraction of sp³-hybridized carbons (Fsp3) is 0.190. The van der Waals surface area contributed by atoms with Crippen LogP contribution in [0.1, 0.15) is 11.3 Å². The molecule has 0 saturated heterocycles. The second kappa shape index (κ2) is 7.00. The Bertz CT molecular complexity index is 1000. The smallest absolute Gasteiger partial charge is 0.235 e. The van der Waals surface area contributed by atoms with Crippen molar-refractivity contribution < 1.29 is 9.15 Å². The van der Waals surface area contributed by atoms with Crippen molar-refractivity contribution in [3.63, 3.8) is 0 Å². The first kappa shape index (κ1) is 17.1. The van der Waals surface area contributed by atoms with Crippen LogP contribution in [0, 0.1) is 11.5 Å². The van der Waals surface area contributed by atoms with Gasteiger partial charge in [0.05, 0.1) is 5.39 Å². The molecule has 0 aliphatic heterocycles. The van der Waals surface area contributed by atoms with E-state index in [1.54, 1.807) is 12.1 Å². The number of fused-ring (bicyclic) bond motifs is 1. The largest absolute Gasteiger partial charge is 0.481 e. The maximum absolute atomic E-state index is 12.9. The van der Waals surface area contributed by atoms with Crippen LogP contribution in [-0.4, -0.2) is 8.07 Å².